The highest BCUT2D eigenvalue weighted by Crippen LogP contribution is 2.28. The van der Waals surface area contributed by atoms with Crippen LogP contribution in [0, 0.1) is 41.5 Å². The minimum absolute atomic E-state index is 0. The molecule has 6 nitrogen and oxygen atoms in total. The third-order valence-corrected chi connectivity index (χ3v) is 7.47. The smallest absolute Gasteiger partial charge is 0.239 e. The molecule has 0 bridgehead atoms. The first kappa shape index (κ1) is 35.5. The molecule has 3 aromatic rings. The van der Waals surface area contributed by atoms with Gasteiger partial charge in [-0.2, -0.15) is 0 Å². The molecule has 4 N–H and O–H groups in total. The van der Waals surface area contributed by atoms with E-state index in [-0.39, 0.29) is 44.9 Å². The van der Waals surface area contributed by atoms with Gasteiger partial charge >= 0.3 is 0 Å². The van der Waals surface area contributed by atoms with E-state index in [1.807, 2.05) is 0 Å². The molecule has 8 heteroatoms. The van der Waals surface area contributed by atoms with Gasteiger partial charge in [-0.25, -0.2) is 9.80 Å². The number of halogens is 2. The van der Waals surface area contributed by atoms with E-state index in [2.05, 4.69) is 122 Å². The predicted octanol–water partition coefficient (Wildman–Crippen LogP) is -1.98. The van der Waals surface area contributed by atoms with E-state index in [4.69, 9.17) is 0 Å². The van der Waals surface area contributed by atoms with E-state index in [1.165, 1.54) is 55.9 Å². The van der Waals surface area contributed by atoms with Crippen molar-refractivity contribution in [1.82, 2.24) is 0 Å². The lowest BCUT2D eigenvalue weighted by Crippen LogP contribution is -3.00. The maximum absolute atomic E-state index is 2.45. The zero-order chi connectivity index (χ0) is 25.4. The highest BCUT2D eigenvalue weighted by atomic mass is 79.9. The number of anilines is 2. The van der Waals surface area contributed by atoms with Crippen molar-refractivity contribution < 1.29 is 54.1 Å². The van der Waals surface area contributed by atoms with Crippen molar-refractivity contribution in [3.05, 3.63) is 93.0 Å². The highest BCUT2D eigenvalue weighted by Gasteiger charge is 2.26. The van der Waals surface area contributed by atoms with Gasteiger partial charge in [-0.1, -0.05) is 53.6 Å². The number of hydrogen-bond donors (Lipinski definition) is 0. The Labute approximate surface area is 260 Å². The Hall–Kier alpha value is -2.52. The first-order valence-corrected chi connectivity index (χ1v) is 13.2. The van der Waals surface area contributed by atoms with Crippen LogP contribution in [0.2, 0.25) is 0 Å². The lowest BCUT2D eigenvalue weighted by Gasteiger charge is -2.13. The Morgan fingerprint density at radius 2 is 0.925 bits per heavy atom. The molecule has 0 radical (unpaired) electrons. The molecule has 0 saturated carbocycles. The van der Waals surface area contributed by atoms with Crippen LogP contribution in [0.3, 0.4) is 0 Å². The summed E-state index contributed by atoms with van der Waals surface area (Å²) in [5.74, 6) is 0. The SMILES string of the molecule is Cc1cc(C)c(N2C=[N+](Cc3cccc(C[N+]4=CN(c5c(C)cc(C)cc5C)CC4)c3)CC2)c(C)c1.O.O.[Br-].[Br-]. The molecule has 0 saturated heterocycles. The summed E-state index contributed by atoms with van der Waals surface area (Å²) in [6.45, 7) is 19.4. The minimum Gasteiger partial charge on any atom is -1.00 e. The van der Waals surface area contributed by atoms with Gasteiger partial charge in [0.05, 0.1) is 0 Å². The molecule has 0 atom stereocenters. The summed E-state index contributed by atoms with van der Waals surface area (Å²) in [6, 6.07) is 18.3. The van der Waals surface area contributed by atoms with Gasteiger partial charge in [-0.15, -0.1) is 0 Å². The molecule has 0 amide bonds. The van der Waals surface area contributed by atoms with Crippen LogP contribution in [0.1, 0.15) is 44.5 Å². The van der Waals surface area contributed by atoms with E-state index >= 15 is 0 Å². The molecular formula is C32H44Br2N4O2. The van der Waals surface area contributed by atoms with Crippen LogP contribution >= 0.6 is 0 Å². The lowest BCUT2D eigenvalue weighted by atomic mass is 10.0. The maximum atomic E-state index is 2.45. The number of rotatable bonds is 6. The fourth-order valence-electron chi connectivity index (χ4n) is 6.22. The van der Waals surface area contributed by atoms with Crippen LogP contribution in [0.5, 0.6) is 0 Å². The second kappa shape index (κ2) is 14.9. The van der Waals surface area contributed by atoms with Crippen LogP contribution in [-0.2, 0) is 13.1 Å². The monoisotopic (exact) mass is 674 g/mol. The van der Waals surface area contributed by atoms with Crippen LogP contribution in [0.15, 0.2) is 48.5 Å². The van der Waals surface area contributed by atoms with E-state index < -0.39 is 0 Å². The molecule has 2 aliphatic rings. The van der Waals surface area contributed by atoms with Crippen molar-refractivity contribution in [3.8, 4) is 0 Å². The highest BCUT2D eigenvalue weighted by molar-refractivity contribution is 5.81. The second-order valence-electron chi connectivity index (χ2n) is 10.9. The first-order valence-electron chi connectivity index (χ1n) is 13.2. The van der Waals surface area contributed by atoms with Gasteiger partial charge in [0.2, 0.25) is 12.7 Å². The van der Waals surface area contributed by atoms with E-state index in [9.17, 15) is 0 Å². The number of aryl methyl sites for hydroxylation is 6. The quantitative estimate of drug-likeness (QED) is 0.284. The zero-order valence-corrected chi connectivity index (χ0v) is 27.7. The van der Waals surface area contributed by atoms with Gasteiger partial charge in [0.15, 0.2) is 0 Å². The van der Waals surface area contributed by atoms with Crippen LogP contribution in [-0.4, -0.2) is 59.0 Å². The molecule has 2 aliphatic heterocycles. The fraction of sp³-hybridized carbons (Fsp3) is 0.375. The Bertz CT molecular complexity index is 1240. The van der Waals surface area contributed by atoms with Gasteiger partial charge in [0.1, 0.15) is 50.6 Å². The molecular weight excluding hydrogens is 632 g/mol. The van der Waals surface area contributed by atoms with E-state index in [0.29, 0.717) is 0 Å². The van der Waals surface area contributed by atoms with Gasteiger partial charge in [-0.05, 0) is 81.0 Å². The fourth-order valence-corrected chi connectivity index (χ4v) is 6.22. The summed E-state index contributed by atoms with van der Waals surface area (Å²) in [5, 5.41) is 0. The van der Waals surface area contributed by atoms with Crippen LogP contribution in [0.25, 0.3) is 0 Å². The Morgan fingerprint density at radius 3 is 1.27 bits per heavy atom. The molecule has 0 fully saturated rings. The molecule has 0 aliphatic carbocycles. The Kier molecular flexibility index (Phi) is 13.2. The molecule has 40 heavy (non-hydrogen) atoms. The average Bonchev–Trinajstić information content (AvgIpc) is 3.42. The van der Waals surface area contributed by atoms with Crippen molar-refractivity contribution in [3.63, 3.8) is 0 Å². The van der Waals surface area contributed by atoms with Crippen LogP contribution in [0.4, 0.5) is 11.4 Å². The number of nitrogens with zero attached hydrogens (tertiary/aromatic N) is 4. The molecule has 0 unspecified atom stereocenters. The van der Waals surface area contributed by atoms with Gasteiger partial charge < -0.3 is 44.9 Å². The summed E-state index contributed by atoms with van der Waals surface area (Å²) >= 11 is 0. The third-order valence-electron chi connectivity index (χ3n) is 7.47. The molecule has 218 valence electrons. The second-order valence-corrected chi connectivity index (χ2v) is 10.9. The first-order chi connectivity index (χ1) is 17.3. The van der Waals surface area contributed by atoms with Crippen molar-refractivity contribution in [2.45, 2.75) is 54.6 Å². The zero-order valence-electron chi connectivity index (χ0n) is 24.6. The van der Waals surface area contributed by atoms with E-state index in [0.717, 1.165) is 39.3 Å². The van der Waals surface area contributed by atoms with E-state index in [1.54, 1.807) is 0 Å². The summed E-state index contributed by atoms with van der Waals surface area (Å²) in [4.78, 5) is 4.85. The number of hydrogen-bond acceptors (Lipinski definition) is 2. The molecule has 0 aromatic heterocycles. The van der Waals surface area contributed by atoms with Crippen LogP contribution < -0.4 is 43.8 Å². The predicted molar refractivity (Wildman–Crippen MR) is 159 cm³/mol. The summed E-state index contributed by atoms with van der Waals surface area (Å²) in [5.41, 5.74) is 13.6. The average molecular weight is 677 g/mol. The molecule has 0 spiro atoms. The topological polar surface area (TPSA) is 75.5 Å². The largest absolute Gasteiger partial charge is 1.00 e. The summed E-state index contributed by atoms with van der Waals surface area (Å²) in [7, 11) is 0. The normalized spacial score (nSPS) is 13.9. The Balaban J connectivity index is 0.00000200. The molecule has 5 rings (SSSR count). The lowest BCUT2D eigenvalue weighted by molar-refractivity contribution is -0.531. The third kappa shape index (κ3) is 7.81. The van der Waals surface area contributed by atoms with Crippen molar-refractivity contribution in [1.29, 1.82) is 0 Å². The minimum atomic E-state index is 0. The number of benzene rings is 3. The Morgan fingerprint density at radius 1 is 0.575 bits per heavy atom. The summed E-state index contributed by atoms with van der Waals surface area (Å²) in [6.07, 6.45) is 4.63. The standard InChI is InChI=1S/C32H40N4.2BrH.2H2O/c1-23-14-25(3)31(26(4)15-23)35-12-10-33(21-35)19-29-8-7-9-30(18-29)20-34-11-13-36(22-34)32-27(5)16-24(2)17-28(32)6;;;;/h7-9,14-18,21-22H,10-13,19-20H2,1-6H3;2*1H;2*1H2/q+2;;;;/p-2. The maximum Gasteiger partial charge on any atom is 0.239 e. The van der Waals surface area contributed by atoms with Crippen molar-refractivity contribution in [2.24, 2.45) is 0 Å². The van der Waals surface area contributed by atoms with Gasteiger partial charge in [0, 0.05) is 0 Å². The van der Waals surface area contributed by atoms with Gasteiger partial charge in [-0.3, -0.25) is 9.15 Å². The van der Waals surface area contributed by atoms with Crippen molar-refractivity contribution in [2.75, 3.05) is 36.0 Å². The molecule has 3 aromatic carbocycles. The van der Waals surface area contributed by atoms with Gasteiger partial charge in [0.25, 0.3) is 0 Å². The molecule has 2 heterocycles. The summed E-state index contributed by atoms with van der Waals surface area (Å²) < 4.78 is 4.90. The van der Waals surface area contributed by atoms with Crippen molar-refractivity contribution >= 4 is 24.1 Å².